The van der Waals surface area contributed by atoms with Gasteiger partial charge in [0, 0.05) is 28.1 Å². The van der Waals surface area contributed by atoms with Gasteiger partial charge in [0.15, 0.2) is 0 Å². The molecule has 2 N–H and O–H groups in total. The first-order chi connectivity index (χ1) is 10.2. The number of carbonyl (C=O) groups excluding carboxylic acids is 1. The second kappa shape index (κ2) is 6.41. The maximum Gasteiger partial charge on any atom is 0.223 e. The molecular weight excluding hydrogens is 280 g/mol. The first kappa shape index (κ1) is 14.9. The van der Waals surface area contributed by atoms with Crippen LogP contribution in [0.4, 0.5) is 0 Å². The third kappa shape index (κ3) is 4.01. The van der Waals surface area contributed by atoms with E-state index in [-0.39, 0.29) is 16.6 Å². The Bertz CT molecular complexity index is 487. The van der Waals surface area contributed by atoms with Crippen LogP contribution in [0.2, 0.25) is 0 Å². The zero-order chi connectivity index (χ0) is 14.7. The molecule has 1 heterocycles. The van der Waals surface area contributed by atoms with E-state index in [0.29, 0.717) is 6.04 Å². The summed E-state index contributed by atoms with van der Waals surface area (Å²) in [5.41, 5.74) is 0. The number of hydrogen-bond donors (Lipinski definition) is 2. The van der Waals surface area contributed by atoms with Crippen molar-refractivity contribution in [2.45, 2.75) is 48.3 Å². The van der Waals surface area contributed by atoms with Crippen LogP contribution in [0.25, 0.3) is 0 Å². The Morgan fingerprint density at radius 1 is 1.38 bits per heavy atom. The van der Waals surface area contributed by atoms with Crippen LogP contribution in [0, 0.1) is 5.92 Å². The van der Waals surface area contributed by atoms with E-state index in [1.807, 2.05) is 17.8 Å². The average Bonchev–Trinajstić information content (AvgIpc) is 3.26. The van der Waals surface area contributed by atoms with Gasteiger partial charge in [-0.15, -0.1) is 11.8 Å². The van der Waals surface area contributed by atoms with Crippen LogP contribution >= 0.6 is 11.8 Å². The van der Waals surface area contributed by atoms with Crippen molar-refractivity contribution in [2.75, 3.05) is 13.1 Å². The predicted molar refractivity (Wildman–Crippen MR) is 87.5 cm³/mol. The van der Waals surface area contributed by atoms with Crippen molar-refractivity contribution in [3.63, 3.8) is 0 Å². The Balaban J connectivity index is 1.49. The normalized spacial score (nSPS) is 27.1. The number of rotatable bonds is 5. The van der Waals surface area contributed by atoms with Gasteiger partial charge >= 0.3 is 0 Å². The maximum atomic E-state index is 12.3. The second-order valence-electron chi connectivity index (χ2n) is 6.39. The minimum absolute atomic E-state index is 0.193. The fraction of sp³-hybridized carbons (Fsp3) is 0.588. The van der Waals surface area contributed by atoms with E-state index in [1.165, 1.54) is 17.7 Å². The van der Waals surface area contributed by atoms with Crippen LogP contribution < -0.4 is 10.6 Å². The van der Waals surface area contributed by atoms with Crippen LogP contribution in [0.5, 0.6) is 0 Å². The Hall–Kier alpha value is -1.00. The van der Waals surface area contributed by atoms with E-state index in [9.17, 15) is 4.79 Å². The molecule has 0 spiro atoms. The molecule has 2 atom stereocenters. The summed E-state index contributed by atoms with van der Waals surface area (Å²) in [5, 5.41) is 6.61. The van der Waals surface area contributed by atoms with E-state index in [1.54, 1.807) is 0 Å². The van der Waals surface area contributed by atoms with Crippen LogP contribution in [0.3, 0.4) is 0 Å². The first-order valence-corrected chi connectivity index (χ1v) is 8.74. The van der Waals surface area contributed by atoms with E-state index < -0.39 is 0 Å². The van der Waals surface area contributed by atoms with E-state index >= 15 is 0 Å². The van der Waals surface area contributed by atoms with Gasteiger partial charge in [0.1, 0.15) is 0 Å². The zero-order valence-electron chi connectivity index (χ0n) is 12.6. The van der Waals surface area contributed by atoms with Gasteiger partial charge in [0.25, 0.3) is 0 Å². The molecule has 1 amide bonds. The molecule has 1 aliphatic heterocycles. The molecule has 0 aromatic heterocycles. The quantitative estimate of drug-likeness (QED) is 0.879. The van der Waals surface area contributed by atoms with Gasteiger partial charge in [-0.3, -0.25) is 4.79 Å². The van der Waals surface area contributed by atoms with Gasteiger partial charge < -0.3 is 10.6 Å². The lowest BCUT2D eigenvalue weighted by molar-refractivity contribution is -0.126. The number of thioether (sulfide) groups is 1. The molecule has 0 radical (unpaired) electrons. The molecule has 114 valence electrons. The molecular formula is C17H24N2OS. The highest BCUT2D eigenvalue weighted by Crippen LogP contribution is 2.51. The first-order valence-electron chi connectivity index (χ1n) is 7.92. The second-order valence-corrected chi connectivity index (χ2v) is 7.93. The van der Waals surface area contributed by atoms with Crippen LogP contribution in [-0.4, -0.2) is 29.8 Å². The number of nitrogens with one attached hydrogen (secondary N) is 2. The smallest absolute Gasteiger partial charge is 0.223 e. The van der Waals surface area contributed by atoms with Gasteiger partial charge in [0.2, 0.25) is 5.91 Å². The largest absolute Gasteiger partial charge is 0.354 e. The van der Waals surface area contributed by atoms with Gasteiger partial charge in [-0.2, -0.15) is 0 Å². The summed E-state index contributed by atoms with van der Waals surface area (Å²) in [6, 6.07) is 11.0. The standard InChI is InChI=1S/C17H24N2OS/c1-13-11-14(7-10-18-13)16(20)19-12-17(8-9-17)21-15-5-3-2-4-6-15/h2-6,13-14,18H,7-12H2,1H3,(H,19,20)/t13-,14-/m0/s1. The van der Waals surface area contributed by atoms with Crippen molar-refractivity contribution in [1.82, 2.24) is 10.6 Å². The highest BCUT2D eigenvalue weighted by Gasteiger charge is 2.44. The Morgan fingerprint density at radius 3 is 2.81 bits per heavy atom. The Labute approximate surface area is 131 Å². The molecule has 21 heavy (non-hydrogen) atoms. The van der Waals surface area contributed by atoms with Gasteiger partial charge in [-0.05, 0) is 51.3 Å². The highest BCUT2D eigenvalue weighted by molar-refractivity contribution is 8.01. The van der Waals surface area contributed by atoms with Crippen molar-refractivity contribution in [2.24, 2.45) is 5.92 Å². The summed E-state index contributed by atoms with van der Waals surface area (Å²) < 4.78 is 0.246. The Morgan fingerprint density at radius 2 is 2.14 bits per heavy atom. The van der Waals surface area contributed by atoms with Crippen LogP contribution in [0.15, 0.2) is 35.2 Å². The molecule has 0 bridgehead atoms. The number of benzene rings is 1. The summed E-state index contributed by atoms with van der Waals surface area (Å²) in [4.78, 5) is 13.6. The third-order valence-electron chi connectivity index (χ3n) is 4.46. The molecule has 1 aromatic carbocycles. The number of carbonyl (C=O) groups is 1. The molecule has 3 nitrogen and oxygen atoms in total. The molecule has 3 rings (SSSR count). The summed E-state index contributed by atoms with van der Waals surface area (Å²) in [5.74, 6) is 0.446. The number of amides is 1. The van der Waals surface area contributed by atoms with Gasteiger partial charge in [-0.1, -0.05) is 18.2 Å². The van der Waals surface area contributed by atoms with Crippen LogP contribution in [0.1, 0.15) is 32.6 Å². The lowest BCUT2D eigenvalue weighted by Gasteiger charge is -2.27. The zero-order valence-corrected chi connectivity index (χ0v) is 13.4. The highest BCUT2D eigenvalue weighted by atomic mass is 32.2. The predicted octanol–water partition coefficient (Wildman–Crippen LogP) is 2.82. The fourth-order valence-electron chi connectivity index (χ4n) is 2.96. The topological polar surface area (TPSA) is 41.1 Å². The van der Waals surface area contributed by atoms with Gasteiger partial charge in [0.05, 0.1) is 0 Å². The molecule has 1 aliphatic carbocycles. The summed E-state index contributed by atoms with van der Waals surface area (Å²) in [6.45, 7) is 3.93. The lowest BCUT2D eigenvalue weighted by atomic mass is 9.92. The van der Waals surface area contributed by atoms with E-state index in [0.717, 1.165) is 25.9 Å². The van der Waals surface area contributed by atoms with Crippen LogP contribution in [-0.2, 0) is 4.79 Å². The Kier molecular flexibility index (Phi) is 4.55. The van der Waals surface area contributed by atoms with Gasteiger partial charge in [-0.25, -0.2) is 0 Å². The summed E-state index contributed by atoms with van der Waals surface area (Å²) >= 11 is 1.92. The molecule has 2 aliphatic rings. The molecule has 1 saturated heterocycles. The van der Waals surface area contributed by atoms with Crippen molar-refractivity contribution in [3.8, 4) is 0 Å². The van der Waals surface area contributed by atoms with E-state index in [2.05, 4.69) is 41.8 Å². The molecule has 4 heteroatoms. The van der Waals surface area contributed by atoms with Crippen molar-refractivity contribution in [1.29, 1.82) is 0 Å². The number of piperidine rings is 1. The summed E-state index contributed by atoms with van der Waals surface area (Å²) in [6.07, 6.45) is 4.34. The van der Waals surface area contributed by atoms with E-state index in [4.69, 9.17) is 0 Å². The lowest BCUT2D eigenvalue weighted by Crippen LogP contribution is -2.44. The molecule has 0 unspecified atom stereocenters. The maximum absolute atomic E-state index is 12.3. The minimum Gasteiger partial charge on any atom is -0.354 e. The van der Waals surface area contributed by atoms with Crippen molar-refractivity contribution in [3.05, 3.63) is 30.3 Å². The summed E-state index contributed by atoms with van der Waals surface area (Å²) in [7, 11) is 0. The monoisotopic (exact) mass is 304 g/mol. The SMILES string of the molecule is C[C@H]1C[C@@H](C(=O)NCC2(Sc3ccccc3)CC2)CCN1. The fourth-order valence-corrected chi connectivity index (χ4v) is 4.20. The number of hydrogen-bond acceptors (Lipinski definition) is 3. The molecule has 1 saturated carbocycles. The van der Waals surface area contributed by atoms with Crippen molar-refractivity contribution < 1.29 is 4.79 Å². The minimum atomic E-state index is 0.193. The average molecular weight is 304 g/mol. The third-order valence-corrected chi connectivity index (χ3v) is 5.96. The molecule has 1 aromatic rings. The molecule has 2 fully saturated rings. The van der Waals surface area contributed by atoms with Crippen molar-refractivity contribution >= 4 is 17.7 Å².